The molecule has 1 aromatic carbocycles. The Kier molecular flexibility index (Phi) is 4.90. The van der Waals surface area contributed by atoms with Gasteiger partial charge >= 0.3 is 0 Å². The Morgan fingerprint density at radius 1 is 1.24 bits per heavy atom. The molecule has 0 fully saturated rings. The second-order valence-electron chi connectivity index (χ2n) is 4.61. The summed E-state index contributed by atoms with van der Waals surface area (Å²) in [5, 5.41) is 9.37. The van der Waals surface area contributed by atoms with Crippen molar-refractivity contribution in [1.29, 1.82) is 0 Å². The molecule has 17 heavy (non-hydrogen) atoms. The van der Waals surface area contributed by atoms with Crippen LogP contribution in [0, 0.1) is 5.82 Å². The summed E-state index contributed by atoms with van der Waals surface area (Å²) < 4.78 is 13.8. The molecule has 3 nitrogen and oxygen atoms in total. The number of hydrogen-bond acceptors (Lipinski definition) is 3. The largest absolute Gasteiger partial charge is 0.389 e. The molecule has 0 aromatic heterocycles. The number of nitrogens with zero attached hydrogens (tertiary/aromatic N) is 2. The van der Waals surface area contributed by atoms with E-state index in [4.69, 9.17) is 0 Å². The van der Waals surface area contributed by atoms with Crippen LogP contribution in [-0.2, 0) is 0 Å². The van der Waals surface area contributed by atoms with Crippen molar-refractivity contribution >= 4 is 5.69 Å². The zero-order chi connectivity index (χ0) is 13.0. The van der Waals surface area contributed by atoms with E-state index in [1.807, 2.05) is 26.0 Å². The van der Waals surface area contributed by atoms with Gasteiger partial charge in [0.25, 0.3) is 0 Å². The lowest BCUT2D eigenvalue weighted by atomic mass is 10.1. The highest BCUT2D eigenvalue weighted by Crippen LogP contribution is 2.22. The molecule has 0 bridgehead atoms. The predicted octanol–water partition coefficient (Wildman–Crippen LogP) is 1.88. The average Bonchev–Trinajstić information content (AvgIpc) is 2.25. The van der Waals surface area contributed by atoms with Gasteiger partial charge in [0.05, 0.1) is 11.8 Å². The third kappa shape index (κ3) is 3.98. The summed E-state index contributed by atoms with van der Waals surface area (Å²) in [4.78, 5) is 3.93. The quantitative estimate of drug-likeness (QED) is 0.851. The number of anilines is 1. The fourth-order valence-corrected chi connectivity index (χ4v) is 1.56. The summed E-state index contributed by atoms with van der Waals surface area (Å²) in [5.41, 5.74) is 1.17. The Hall–Kier alpha value is -1.13. The number of rotatable bonds is 5. The average molecular weight is 240 g/mol. The fourth-order valence-electron chi connectivity index (χ4n) is 1.56. The normalized spacial score (nSPS) is 12.9. The van der Waals surface area contributed by atoms with E-state index >= 15 is 0 Å². The highest BCUT2D eigenvalue weighted by atomic mass is 19.1. The van der Waals surface area contributed by atoms with Crippen LogP contribution >= 0.6 is 0 Å². The zero-order valence-corrected chi connectivity index (χ0v) is 10.9. The van der Waals surface area contributed by atoms with Crippen LogP contribution in [0.4, 0.5) is 10.1 Å². The fraction of sp³-hybridized carbons (Fsp3) is 0.538. The molecule has 0 saturated heterocycles. The van der Waals surface area contributed by atoms with Crippen LogP contribution in [0.5, 0.6) is 0 Å². The van der Waals surface area contributed by atoms with Gasteiger partial charge in [-0.25, -0.2) is 4.39 Å². The smallest absolute Gasteiger partial charge is 0.146 e. The molecule has 1 aromatic rings. The molecular formula is C13H21FN2O. The van der Waals surface area contributed by atoms with E-state index in [0.717, 1.165) is 13.1 Å². The van der Waals surface area contributed by atoms with Crippen LogP contribution in [0.1, 0.15) is 18.6 Å². The Bertz CT molecular complexity index is 366. The number of aliphatic hydroxyl groups excluding tert-OH is 1. The molecular weight excluding hydrogens is 219 g/mol. The topological polar surface area (TPSA) is 26.7 Å². The Balaban J connectivity index is 2.77. The third-order valence-corrected chi connectivity index (χ3v) is 2.75. The highest BCUT2D eigenvalue weighted by molar-refractivity contribution is 5.48. The number of benzene rings is 1. The van der Waals surface area contributed by atoms with Gasteiger partial charge in [0.15, 0.2) is 0 Å². The maximum absolute atomic E-state index is 13.8. The first kappa shape index (κ1) is 13.9. The van der Waals surface area contributed by atoms with Crippen LogP contribution in [0.15, 0.2) is 18.2 Å². The molecule has 1 N–H and O–H groups in total. The monoisotopic (exact) mass is 240 g/mol. The first-order valence-electron chi connectivity index (χ1n) is 5.75. The van der Waals surface area contributed by atoms with Gasteiger partial charge in [-0.2, -0.15) is 0 Å². The molecule has 0 aliphatic carbocycles. The number of halogens is 1. The number of hydrogen-bond donors (Lipinski definition) is 1. The van der Waals surface area contributed by atoms with Crippen molar-refractivity contribution in [2.24, 2.45) is 0 Å². The summed E-state index contributed by atoms with van der Waals surface area (Å²) in [6.45, 7) is 3.26. The summed E-state index contributed by atoms with van der Waals surface area (Å²) in [5.74, 6) is -0.287. The summed E-state index contributed by atoms with van der Waals surface area (Å²) >= 11 is 0. The van der Waals surface area contributed by atoms with Crippen LogP contribution in [-0.4, -0.2) is 44.2 Å². The third-order valence-electron chi connectivity index (χ3n) is 2.75. The van der Waals surface area contributed by atoms with E-state index in [1.54, 1.807) is 19.1 Å². The van der Waals surface area contributed by atoms with E-state index in [2.05, 4.69) is 4.90 Å². The minimum Gasteiger partial charge on any atom is -0.389 e. The van der Waals surface area contributed by atoms with Gasteiger partial charge in [-0.3, -0.25) is 0 Å². The Morgan fingerprint density at radius 2 is 1.88 bits per heavy atom. The van der Waals surface area contributed by atoms with Crippen molar-refractivity contribution in [2.75, 3.05) is 39.1 Å². The van der Waals surface area contributed by atoms with Crippen molar-refractivity contribution in [1.82, 2.24) is 4.90 Å². The molecule has 1 rings (SSSR count). The molecule has 0 aliphatic rings. The first-order chi connectivity index (χ1) is 7.91. The van der Waals surface area contributed by atoms with Gasteiger partial charge < -0.3 is 14.9 Å². The number of aliphatic hydroxyl groups is 1. The first-order valence-corrected chi connectivity index (χ1v) is 5.75. The Morgan fingerprint density at radius 3 is 2.35 bits per heavy atom. The molecule has 0 saturated carbocycles. The van der Waals surface area contributed by atoms with E-state index in [-0.39, 0.29) is 5.82 Å². The molecule has 1 atom stereocenters. The number of likely N-dealkylation sites (N-methyl/N-ethyl adjacent to an activating group) is 2. The van der Waals surface area contributed by atoms with E-state index in [9.17, 15) is 9.50 Å². The van der Waals surface area contributed by atoms with E-state index in [0.29, 0.717) is 11.3 Å². The van der Waals surface area contributed by atoms with Crippen molar-refractivity contribution < 1.29 is 9.50 Å². The van der Waals surface area contributed by atoms with Gasteiger partial charge in [0.1, 0.15) is 5.82 Å². The standard InChI is InChI=1S/C13H21FN2O/c1-10(17)11-5-6-13(12(14)9-11)16(4)8-7-15(2)3/h5-6,9-10,17H,7-8H2,1-4H3/t10-/m1/s1. The molecule has 0 spiro atoms. The summed E-state index contributed by atoms with van der Waals surface area (Å²) in [6, 6.07) is 4.87. The summed E-state index contributed by atoms with van der Waals surface area (Å²) in [6.07, 6.45) is -0.634. The molecule has 0 unspecified atom stereocenters. The van der Waals surface area contributed by atoms with Crippen LogP contribution < -0.4 is 4.90 Å². The van der Waals surface area contributed by atoms with Gasteiger partial charge in [-0.15, -0.1) is 0 Å². The maximum Gasteiger partial charge on any atom is 0.146 e. The second-order valence-corrected chi connectivity index (χ2v) is 4.61. The lowest BCUT2D eigenvalue weighted by Crippen LogP contribution is -2.29. The minimum absolute atomic E-state index is 0.287. The lowest BCUT2D eigenvalue weighted by molar-refractivity contribution is 0.199. The second kappa shape index (κ2) is 5.98. The van der Waals surface area contributed by atoms with Crippen LogP contribution in [0.2, 0.25) is 0 Å². The van der Waals surface area contributed by atoms with E-state index in [1.165, 1.54) is 6.07 Å². The molecule has 0 radical (unpaired) electrons. The van der Waals surface area contributed by atoms with E-state index < -0.39 is 6.10 Å². The lowest BCUT2D eigenvalue weighted by Gasteiger charge is -2.22. The predicted molar refractivity (Wildman–Crippen MR) is 68.9 cm³/mol. The molecule has 0 aliphatic heterocycles. The van der Waals surface area contributed by atoms with Crippen molar-refractivity contribution in [3.63, 3.8) is 0 Å². The van der Waals surface area contributed by atoms with Gasteiger partial charge in [-0.05, 0) is 38.7 Å². The minimum atomic E-state index is -0.634. The zero-order valence-electron chi connectivity index (χ0n) is 10.9. The van der Waals surface area contributed by atoms with Gasteiger partial charge in [0, 0.05) is 20.1 Å². The molecule has 4 heteroatoms. The van der Waals surface area contributed by atoms with Crippen molar-refractivity contribution in [2.45, 2.75) is 13.0 Å². The van der Waals surface area contributed by atoms with Crippen molar-refractivity contribution in [3.05, 3.63) is 29.6 Å². The van der Waals surface area contributed by atoms with Crippen LogP contribution in [0.25, 0.3) is 0 Å². The maximum atomic E-state index is 13.8. The van der Waals surface area contributed by atoms with Crippen molar-refractivity contribution in [3.8, 4) is 0 Å². The summed E-state index contributed by atoms with van der Waals surface area (Å²) in [7, 11) is 5.84. The van der Waals surface area contributed by atoms with Crippen LogP contribution in [0.3, 0.4) is 0 Å². The molecule has 0 amide bonds. The molecule has 0 heterocycles. The Labute approximate surface area is 102 Å². The van der Waals surface area contributed by atoms with Gasteiger partial charge in [-0.1, -0.05) is 6.07 Å². The highest BCUT2D eigenvalue weighted by Gasteiger charge is 2.10. The van der Waals surface area contributed by atoms with Gasteiger partial charge in [0.2, 0.25) is 0 Å². The SMILES string of the molecule is C[C@@H](O)c1ccc(N(C)CCN(C)C)c(F)c1. The molecule has 96 valence electrons.